The molecule has 2 heterocycles. The number of nitrogens with zero attached hydrogens (tertiary/aromatic N) is 2. The zero-order valence-electron chi connectivity index (χ0n) is 18.3. The molecule has 11 heteroatoms. The Bertz CT molecular complexity index is 1590. The summed E-state index contributed by atoms with van der Waals surface area (Å²) in [6, 6.07) is 12.0. The predicted molar refractivity (Wildman–Crippen MR) is 138 cm³/mol. The number of thiazole rings is 1. The molecule has 1 aliphatic rings. The van der Waals surface area contributed by atoms with E-state index in [9.17, 15) is 24.2 Å². The van der Waals surface area contributed by atoms with Crippen LogP contribution in [0.2, 0.25) is 5.02 Å². The number of hydrogen-bond donors (Lipinski definition) is 2. The lowest BCUT2D eigenvalue weighted by Crippen LogP contribution is -2.29. The number of ether oxygens (including phenoxy) is 1. The first kappa shape index (κ1) is 24.2. The highest BCUT2D eigenvalue weighted by molar-refractivity contribution is 9.10. The molecule has 182 valence electrons. The molecule has 1 fully saturated rings. The first-order valence-corrected chi connectivity index (χ1v) is 12.4. The Morgan fingerprint density at radius 3 is 2.58 bits per heavy atom. The molecule has 1 unspecified atom stereocenters. The number of carbonyl (C=O) groups excluding carboxylic acids is 2. The Hall–Kier alpha value is -3.47. The Morgan fingerprint density at radius 2 is 1.89 bits per heavy atom. The first-order chi connectivity index (χ1) is 17.2. The number of methoxy groups -OCH3 is 1. The first-order valence-electron chi connectivity index (χ1n) is 10.4. The quantitative estimate of drug-likeness (QED) is 0.167. The molecular weight excluding hydrogens is 575 g/mol. The molecule has 0 radical (unpaired) electrons. The number of amides is 1. The molecular formula is C25H15BrClFN2O5S. The van der Waals surface area contributed by atoms with Crippen LogP contribution in [0.1, 0.15) is 17.2 Å². The van der Waals surface area contributed by atoms with Gasteiger partial charge in [-0.2, -0.15) is 0 Å². The zero-order valence-corrected chi connectivity index (χ0v) is 21.5. The molecule has 0 spiro atoms. The van der Waals surface area contributed by atoms with E-state index in [2.05, 4.69) is 20.9 Å². The normalized spacial score (nSPS) is 17.2. The minimum atomic E-state index is -1.13. The number of hydrogen-bond acceptors (Lipinski definition) is 7. The van der Waals surface area contributed by atoms with Gasteiger partial charge >= 0.3 is 5.91 Å². The minimum absolute atomic E-state index is 0.0860. The van der Waals surface area contributed by atoms with Gasteiger partial charge in [-0.25, -0.2) is 9.37 Å². The van der Waals surface area contributed by atoms with Crippen LogP contribution in [0.4, 0.5) is 9.52 Å². The van der Waals surface area contributed by atoms with Crippen molar-refractivity contribution < 1.29 is 28.9 Å². The largest absolute Gasteiger partial charge is 0.507 e. The standard InChI is InChI=1S/C25H15BrClFN2O5S/c1-35-17-9-12(8-15(26)22(17)32)20-19(21(31)11-2-4-13(27)5-3-11)23(33)24(34)30(20)25-29-16-7-6-14(28)10-18(16)36-25/h2-10,20,31-32H,1H3/b21-19+. The van der Waals surface area contributed by atoms with Crippen molar-refractivity contribution in [2.24, 2.45) is 0 Å². The Labute approximate surface area is 221 Å². The van der Waals surface area contributed by atoms with Gasteiger partial charge in [-0.3, -0.25) is 14.5 Å². The maximum absolute atomic E-state index is 13.8. The number of benzene rings is 3. The summed E-state index contributed by atoms with van der Waals surface area (Å²) in [5.41, 5.74) is 0.891. The predicted octanol–water partition coefficient (Wildman–Crippen LogP) is 6.19. The van der Waals surface area contributed by atoms with Crippen LogP contribution < -0.4 is 9.64 Å². The van der Waals surface area contributed by atoms with Crippen LogP contribution in [-0.4, -0.2) is 34.0 Å². The fourth-order valence-corrected chi connectivity index (χ4v) is 5.61. The third-order valence-corrected chi connectivity index (χ3v) is 7.57. The van der Waals surface area contributed by atoms with Crippen LogP contribution in [0.3, 0.4) is 0 Å². The number of aromatic hydroxyl groups is 1. The summed E-state index contributed by atoms with van der Waals surface area (Å²) >= 11 is 10.3. The summed E-state index contributed by atoms with van der Waals surface area (Å²) < 4.78 is 19.8. The van der Waals surface area contributed by atoms with Crippen molar-refractivity contribution in [1.29, 1.82) is 0 Å². The fourth-order valence-electron chi connectivity index (χ4n) is 4.01. The van der Waals surface area contributed by atoms with Crippen LogP contribution >= 0.6 is 38.9 Å². The van der Waals surface area contributed by atoms with Gasteiger partial charge in [0.05, 0.1) is 33.4 Å². The number of halogens is 3. The van der Waals surface area contributed by atoms with E-state index < -0.39 is 29.3 Å². The minimum Gasteiger partial charge on any atom is -0.507 e. The van der Waals surface area contributed by atoms with Crippen LogP contribution in [0.5, 0.6) is 11.5 Å². The fraction of sp³-hybridized carbons (Fsp3) is 0.0800. The lowest BCUT2D eigenvalue weighted by Gasteiger charge is -2.24. The Morgan fingerprint density at radius 1 is 1.17 bits per heavy atom. The SMILES string of the molecule is COc1cc(C2/C(=C(\O)c3ccc(Cl)cc3)C(=O)C(=O)N2c2nc3ccc(F)cc3s2)cc(Br)c1O. The number of aromatic nitrogens is 1. The summed E-state index contributed by atoms with van der Waals surface area (Å²) in [6.45, 7) is 0. The van der Waals surface area contributed by atoms with Gasteiger partial charge in [0, 0.05) is 10.6 Å². The molecule has 1 aliphatic heterocycles. The lowest BCUT2D eigenvalue weighted by atomic mass is 9.95. The van der Waals surface area contributed by atoms with Crippen molar-refractivity contribution in [3.05, 3.63) is 86.6 Å². The van der Waals surface area contributed by atoms with Gasteiger partial charge in [-0.05, 0) is 76.1 Å². The molecule has 5 rings (SSSR count). The lowest BCUT2D eigenvalue weighted by molar-refractivity contribution is -0.132. The maximum Gasteiger partial charge on any atom is 0.301 e. The van der Waals surface area contributed by atoms with Crippen LogP contribution in [-0.2, 0) is 9.59 Å². The Kier molecular flexibility index (Phi) is 6.19. The van der Waals surface area contributed by atoms with Crippen LogP contribution in [0.15, 0.2) is 64.6 Å². The summed E-state index contributed by atoms with van der Waals surface area (Å²) in [7, 11) is 1.36. The van der Waals surface area contributed by atoms with E-state index in [4.69, 9.17) is 16.3 Å². The number of aliphatic hydroxyl groups is 1. The number of phenols is 1. The van der Waals surface area contributed by atoms with E-state index in [1.807, 2.05) is 0 Å². The van der Waals surface area contributed by atoms with Crippen molar-refractivity contribution in [3.8, 4) is 11.5 Å². The maximum atomic E-state index is 13.8. The second kappa shape index (κ2) is 9.20. The molecule has 1 atom stereocenters. The van der Waals surface area contributed by atoms with Gasteiger partial charge in [0.25, 0.3) is 5.78 Å². The van der Waals surface area contributed by atoms with Crippen molar-refractivity contribution in [2.45, 2.75) is 6.04 Å². The smallest absolute Gasteiger partial charge is 0.301 e. The number of Topliss-reactive ketones (excluding diaryl/α,β-unsaturated/α-hetero) is 1. The molecule has 4 aromatic rings. The van der Waals surface area contributed by atoms with E-state index in [0.29, 0.717) is 20.8 Å². The summed E-state index contributed by atoms with van der Waals surface area (Å²) in [6.07, 6.45) is 0. The number of fused-ring (bicyclic) bond motifs is 1. The van der Waals surface area contributed by atoms with E-state index in [1.54, 1.807) is 12.1 Å². The van der Waals surface area contributed by atoms with E-state index in [-0.39, 0.29) is 32.2 Å². The van der Waals surface area contributed by atoms with Gasteiger partial charge in [0.1, 0.15) is 11.6 Å². The third-order valence-electron chi connectivity index (χ3n) is 5.69. The Balaban J connectivity index is 1.77. The zero-order chi connectivity index (χ0) is 25.7. The molecule has 3 aromatic carbocycles. The topological polar surface area (TPSA) is 100.0 Å². The summed E-state index contributed by atoms with van der Waals surface area (Å²) in [5.74, 6) is -2.81. The summed E-state index contributed by atoms with van der Waals surface area (Å²) in [4.78, 5) is 32.3. The van der Waals surface area contributed by atoms with Gasteiger partial charge in [0.2, 0.25) is 0 Å². The van der Waals surface area contributed by atoms with Crippen molar-refractivity contribution in [3.63, 3.8) is 0 Å². The molecule has 0 saturated carbocycles. The van der Waals surface area contributed by atoms with Crippen molar-refractivity contribution in [2.75, 3.05) is 12.0 Å². The summed E-state index contributed by atoms with van der Waals surface area (Å²) in [5, 5.41) is 22.1. The van der Waals surface area contributed by atoms with Crippen LogP contribution in [0.25, 0.3) is 16.0 Å². The second-order valence-corrected chi connectivity index (χ2v) is 10.1. The molecule has 0 aliphatic carbocycles. The average Bonchev–Trinajstić information content (AvgIpc) is 3.38. The highest BCUT2D eigenvalue weighted by atomic mass is 79.9. The van der Waals surface area contributed by atoms with Crippen molar-refractivity contribution >= 4 is 71.7 Å². The number of carbonyl (C=O) groups is 2. The average molecular weight is 590 g/mol. The monoisotopic (exact) mass is 588 g/mol. The number of aliphatic hydroxyl groups excluding tert-OH is 1. The molecule has 2 N–H and O–H groups in total. The van der Waals surface area contributed by atoms with Gasteiger partial charge in [-0.1, -0.05) is 22.9 Å². The molecule has 0 bridgehead atoms. The highest BCUT2D eigenvalue weighted by Crippen LogP contribution is 2.47. The van der Waals surface area contributed by atoms with Gasteiger partial charge in [0.15, 0.2) is 16.6 Å². The van der Waals surface area contributed by atoms with Crippen molar-refractivity contribution in [1.82, 2.24) is 4.98 Å². The number of phenolic OH excluding ortho intramolecular Hbond substituents is 1. The number of ketones is 1. The molecule has 1 saturated heterocycles. The third kappa shape index (κ3) is 4.01. The van der Waals surface area contributed by atoms with Crippen LogP contribution in [0, 0.1) is 5.82 Å². The highest BCUT2D eigenvalue weighted by Gasteiger charge is 2.48. The van der Waals surface area contributed by atoms with E-state index in [0.717, 1.165) is 16.2 Å². The number of rotatable bonds is 4. The number of anilines is 1. The van der Waals surface area contributed by atoms with Gasteiger partial charge in [-0.15, -0.1) is 0 Å². The van der Waals surface area contributed by atoms with E-state index in [1.165, 1.54) is 49.6 Å². The van der Waals surface area contributed by atoms with Gasteiger partial charge < -0.3 is 14.9 Å². The second-order valence-electron chi connectivity index (χ2n) is 7.84. The molecule has 7 nitrogen and oxygen atoms in total. The molecule has 1 amide bonds. The molecule has 36 heavy (non-hydrogen) atoms. The molecule has 1 aromatic heterocycles. The van der Waals surface area contributed by atoms with E-state index >= 15 is 0 Å².